The molecule has 0 aromatic heterocycles. The SMILES string of the molecule is CC(=O)N1CCC2(CC2NC(C)C)C1. The van der Waals surface area contributed by atoms with Crippen LogP contribution in [0, 0.1) is 5.41 Å². The molecule has 1 saturated heterocycles. The van der Waals surface area contributed by atoms with E-state index in [-0.39, 0.29) is 5.91 Å². The van der Waals surface area contributed by atoms with Crippen LogP contribution >= 0.6 is 0 Å². The van der Waals surface area contributed by atoms with E-state index in [1.165, 1.54) is 12.8 Å². The van der Waals surface area contributed by atoms with Crippen molar-refractivity contribution < 1.29 is 4.79 Å². The third kappa shape index (κ3) is 1.65. The topological polar surface area (TPSA) is 32.3 Å². The van der Waals surface area contributed by atoms with Crippen molar-refractivity contribution in [2.24, 2.45) is 5.41 Å². The average Bonchev–Trinajstić information content (AvgIpc) is 2.57. The summed E-state index contributed by atoms with van der Waals surface area (Å²) in [6.45, 7) is 7.98. The number of hydrogen-bond donors (Lipinski definition) is 1. The number of rotatable bonds is 2. The Bertz CT molecular complexity index is 252. The van der Waals surface area contributed by atoms with Gasteiger partial charge >= 0.3 is 0 Å². The van der Waals surface area contributed by atoms with Gasteiger partial charge in [-0.25, -0.2) is 0 Å². The molecular formula is C11H20N2O. The molecule has 1 aliphatic heterocycles. The molecule has 0 aromatic rings. The Labute approximate surface area is 85.8 Å². The normalized spacial score (nSPS) is 35.7. The lowest BCUT2D eigenvalue weighted by Crippen LogP contribution is -2.32. The van der Waals surface area contributed by atoms with Gasteiger partial charge in [-0.15, -0.1) is 0 Å². The zero-order valence-corrected chi connectivity index (χ0v) is 9.34. The molecule has 2 aliphatic rings. The van der Waals surface area contributed by atoms with Crippen LogP contribution in [0.5, 0.6) is 0 Å². The zero-order chi connectivity index (χ0) is 10.3. The summed E-state index contributed by atoms with van der Waals surface area (Å²) in [7, 11) is 0. The highest BCUT2D eigenvalue weighted by Crippen LogP contribution is 2.53. The van der Waals surface area contributed by atoms with Crippen LogP contribution in [0.15, 0.2) is 0 Å². The molecule has 1 amide bonds. The molecule has 2 fully saturated rings. The Morgan fingerprint density at radius 3 is 2.79 bits per heavy atom. The molecule has 1 N–H and O–H groups in total. The number of likely N-dealkylation sites (tertiary alicyclic amines) is 1. The minimum Gasteiger partial charge on any atom is -0.342 e. The number of nitrogens with one attached hydrogen (secondary N) is 1. The van der Waals surface area contributed by atoms with E-state index in [1.807, 2.05) is 4.90 Å². The van der Waals surface area contributed by atoms with E-state index in [2.05, 4.69) is 19.2 Å². The van der Waals surface area contributed by atoms with Crippen LogP contribution in [0.4, 0.5) is 0 Å². The minimum absolute atomic E-state index is 0.233. The fourth-order valence-corrected chi connectivity index (χ4v) is 2.60. The van der Waals surface area contributed by atoms with E-state index in [9.17, 15) is 4.79 Å². The van der Waals surface area contributed by atoms with E-state index >= 15 is 0 Å². The lowest BCUT2D eigenvalue weighted by Gasteiger charge is -2.15. The molecule has 1 saturated carbocycles. The molecule has 80 valence electrons. The molecule has 14 heavy (non-hydrogen) atoms. The Balaban J connectivity index is 1.88. The first kappa shape index (κ1) is 9.97. The minimum atomic E-state index is 0.233. The highest BCUT2D eigenvalue weighted by Gasteiger charge is 2.57. The smallest absolute Gasteiger partial charge is 0.219 e. The van der Waals surface area contributed by atoms with Crippen LogP contribution in [0.3, 0.4) is 0 Å². The van der Waals surface area contributed by atoms with E-state index in [4.69, 9.17) is 0 Å². The van der Waals surface area contributed by atoms with Gasteiger partial charge in [-0.2, -0.15) is 0 Å². The van der Waals surface area contributed by atoms with Gasteiger partial charge in [0.2, 0.25) is 5.91 Å². The summed E-state index contributed by atoms with van der Waals surface area (Å²) < 4.78 is 0. The van der Waals surface area contributed by atoms with E-state index < -0.39 is 0 Å². The lowest BCUT2D eigenvalue weighted by molar-refractivity contribution is -0.127. The van der Waals surface area contributed by atoms with Gasteiger partial charge in [0, 0.05) is 37.5 Å². The van der Waals surface area contributed by atoms with Gasteiger partial charge in [-0.05, 0) is 12.8 Å². The number of carbonyl (C=O) groups excluding carboxylic acids is 1. The maximum atomic E-state index is 11.2. The summed E-state index contributed by atoms with van der Waals surface area (Å²) in [6, 6.07) is 1.22. The average molecular weight is 196 g/mol. The number of carbonyl (C=O) groups is 1. The first-order valence-electron chi connectivity index (χ1n) is 5.55. The van der Waals surface area contributed by atoms with Crippen molar-refractivity contribution in [2.75, 3.05) is 13.1 Å². The van der Waals surface area contributed by atoms with E-state index in [1.54, 1.807) is 6.92 Å². The summed E-state index contributed by atoms with van der Waals surface area (Å²) in [6.07, 6.45) is 2.45. The quantitative estimate of drug-likeness (QED) is 0.714. The maximum absolute atomic E-state index is 11.2. The van der Waals surface area contributed by atoms with Crippen LogP contribution in [-0.2, 0) is 4.79 Å². The molecule has 2 rings (SSSR count). The molecule has 1 spiro atoms. The van der Waals surface area contributed by atoms with Gasteiger partial charge in [0.1, 0.15) is 0 Å². The molecule has 1 aliphatic carbocycles. The van der Waals surface area contributed by atoms with Crippen molar-refractivity contribution >= 4 is 5.91 Å². The molecule has 0 aromatic carbocycles. The van der Waals surface area contributed by atoms with E-state index in [0.29, 0.717) is 17.5 Å². The Kier molecular flexibility index (Phi) is 2.30. The second-order valence-electron chi connectivity index (χ2n) is 5.13. The summed E-state index contributed by atoms with van der Waals surface area (Å²) >= 11 is 0. The number of nitrogens with zero attached hydrogens (tertiary/aromatic N) is 1. The third-order valence-corrected chi connectivity index (χ3v) is 3.55. The van der Waals surface area contributed by atoms with Crippen molar-refractivity contribution in [2.45, 2.75) is 45.7 Å². The van der Waals surface area contributed by atoms with Gasteiger partial charge in [0.05, 0.1) is 0 Å². The first-order valence-corrected chi connectivity index (χ1v) is 5.55. The monoisotopic (exact) mass is 196 g/mol. The molecule has 0 bridgehead atoms. The van der Waals surface area contributed by atoms with Crippen LogP contribution in [-0.4, -0.2) is 36.0 Å². The summed E-state index contributed by atoms with van der Waals surface area (Å²) in [5.41, 5.74) is 0.440. The molecule has 2 atom stereocenters. The van der Waals surface area contributed by atoms with Crippen LogP contribution in [0.2, 0.25) is 0 Å². The van der Waals surface area contributed by atoms with Crippen molar-refractivity contribution in [1.29, 1.82) is 0 Å². The molecule has 1 heterocycles. The second kappa shape index (κ2) is 3.23. The van der Waals surface area contributed by atoms with Gasteiger partial charge in [0.25, 0.3) is 0 Å². The van der Waals surface area contributed by atoms with Gasteiger partial charge in [-0.1, -0.05) is 13.8 Å². The second-order valence-corrected chi connectivity index (χ2v) is 5.13. The van der Waals surface area contributed by atoms with E-state index in [0.717, 1.165) is 13.1 Å². The van der Waals surface area contributed by atoms with Crippen molar-refractivity contribution in [1.82, 2.24) is 10.2 Å². The fourth-order valence-electron chi connectivity index (χ4n) is 2.60. The highest BCUT2D eigenvalue weighted by atomic mass is 16.2. The molecule has 0 radical (unpaired) electrons. The van der Waals surface area contributed by atoms with Crippen molar-refractivity contribution in [3.63, 3.8) is 0 Å². The zero-order valence-electron chi connectivity index (χ0n) is 9.34. The lowest BCUT2D eigenvalue weighted by atomic mass is 10.1. The van der Waals surface area contributed by atoms with Gasteiger partial charge in [0.15, 0.2) is 0 Å². The molecular weight excluding hydrogens is 176 g/mol. The Hall–Kier alpha value is -0.570. The number of hydrogen-bond acceptors (Lipinski definition) is 2. The summed E-state index contributed by atoms with van der Waals surface area (Å²) in [5.74, 6) is 0.233. The van der Waals surface area contributed by atoms with Gasteiger partial charge < -0.3 is 10.2 Å². The number of amides is 1. The highest BCUT2D eigenvalue weighted by molar-refractivity contribution is 5.73. The molecule has 2 unspecified atom stereocenters. The third-order valence-electron chi connectivity index (χ3n) is 3.55. The predicted octanol–water partition coefficient (Wildman–Crippen LogP) is 0.995. The van der Waals surface area contributed by atoms with Crippen molar-refractivity contribution in [3.05, 3.63) is 0 Å². The molecule has 3 nitrogen and oxygen atoms in total. The van der Waals surface area contributed by atoms with Crippen LogP contribution < -0.4 is 5.32 Å². The summed E-state index contributed by atoms with van der Waals surface area (Å²) in [5, 5.41) is 3.57. The van der Waals surface area contributed by atoms with Crippen LogP contribution in [0.25, 0.3) is 0 Å². The largest absolute Gasteiger partial charge is 0.342 e. The predicted molar refractivity (Wildman–Crippen MR) is 56.0 cm³/mol. The summed E-state index contributed by atoms with van der Waals surface area (Å²) in [4.78, 5) is 13.2. The Morgan fingerprint density at radius 2 is 2.29 bits per heavy atom. The van der Waals surface area contributed by atoms with Crippen molar-refractivity contribution in [3.8, 4) is 0 Å². The fraction of sp³-hybridized carbons (Fsp3) is 0.909. The molecule has 3 heteroatoms. The van der Waals surface area contributed by atoms with Gasteiger partial charge in [-0.3, -0.25) is 4.79 Å². The van der Waals surface area contributed by atoms with Crippen LogP contribution in [0.1, 0.15) is 33.6 Å². The maximum Gasteiger partial charge on any atom is 0.219 e. The standard InChI is InChI=1S/C11H20N2O/c1-8(2)12-10-6-11(10)4-5-13(7-11)9(3)14/h8,10,12H,4-7H2,1-3H3. The Morgan fingerprint density at radius 1 is 1.57 bits per heavy atom. The first-order chi connectivity index (χ1) is 6.53.